The van der Waals surface area contributed by atoms with Crippen LogP contribution < -0.4 is 10.1 Å². The Kier molecular flexibility index (Phi) is 6.37. The molecule has 0 aliphatic rings. The minimum atomic E-state index is -3.38. The molecule has 0 bridgehead atoms. The maximum absolute atomic E-state index is 12.4. The van der Waals surface area contributed by atoms with Crippen LogP contribution in [0.4, 0.5) is 0 Å². The third-order valence-corrected chi connectivity index (χ3v) is 4.65. The molecular formula is C15H24N2O4S. The molecule has 6 nitrogen and oxygen atoms in total. The second kappa shape index (κ2) is 7.60. The summed E-state index contributed by atoms with van der Waals surface area (Å²) in [4.78, 5) is 14.6. The molecule has 124 valence electrons. The maximum atomic E-state index is 12.4. The maximum Gasteiger partial charge on any atom is 0.256 e. The van der Waals surface area contributed by atoms with E-state index in [1.54, 1.807) is 0 Å². The molecule has 1 amide bonds. The van der Waals surface area contributed by atoms with Gasteiger partial charge in [0.25, 0.3) is 5.91 Å². The summed E-state index contributed by atoms with van der Waals surface area (Å²) in [6, 6.07) is 4.27. The average molecular weight is 328 g/mol. The number of nitrogens with zero attached hydrogens (tertiary/aromatic N) is 1. The highest BCUT2D eigenvalue weighted by atomic mass is 32.2. The molecule has 0 radical (unpaired) electrons. The van der Waals surface area contributed by atoms with Gasteiger partial charge in [0.1, 0.15) is 5.75 Å². The first-order chi connectivity index (χ1) is 10.2. The normalized spacial score (nSPS) is 13.0. The van der Waals surface area contributed by atoms with E-state index in [1.807, 2.05) is 20.8 Å². The summed E-state index contributed by atoms with van der Waals surface area (Å²) in [5.74, 6) is -0.0154. The van der Waals surface area contributed by atoms with E-state index in [2.05, 4.69) is 10.2 Å². The molecular weight excluding hydrogens is 304 g/mol. The molecule has 1 aromatic rings. The number of rotatable bonds is 7. The molecule has 0 aliphatic carbocycles. The van der Waals surface area contributed by atoms with Crippen molar-refractivity contribution in [3.63, 3.8) is 0 Å². The van der Waals surface area contributed by atoms with Gasteiger partial charge in [0.2, 0.25) is 0 Å². The van der Waals surface area contributed by atoms with Gasteiger partial charge in [-0.2, -0.15) is 0 Å². The lowest BCUT2D eigenvalue weighted by Crippen LogP contribution is -2.46. The molecule has 7 heteroatoms. The monoisotopic (exact) mass is 328 g/mol. The Morgan fingerprint density at radius 2 is 1.91 bits per heavy atom. The molecule has 1 aromatic carbocycles. The Labute approximate surface area is 132 Å². The zero-order valence-electron chi connectivity index (χ0n) is 13.7. The van der Waals surface area contributed by atoms with E-state index >= 15 is 0 Å². The van der Waals surface area contributed by atoms with E-state index in [0.29, 0.717) is 5.75 Å². The van der Waals surface area contributed by atoms with Crippen LogP contribution in [0.5, 0.6) is 5.75 Å². The molecule has 0 saturated carbocycles. The number of carbonyl (C=O) groups is 1. The second-order valence-electron chi connectivity index (χ2n) is 5.00. The van der Waals surface area contributed by atoms with E-state index in [1.165, 1.54) is 25.3 Å². The Hall–Kier alpha value is -1.60. The summed E-state index contributed by atoms with van der Waals surface area (Å²) in [6.07, 6.45) is 0.948. The zero-order valence-corrected chi connectivity index (χ0v) is 14.5. The lowest BCUT2D eigenvalue weighted by Gasteiger charge is -2.27. The van der Waals surface area contributed by atoms with Gasteiger partial charge in [-0.15, -0.1) is 0 Å². The van der Waals surface area contributed by atoms with Crippen molar-refractivity contribution in [2.75, 3.05) is 26.5 Å². The lowest BCUT2D eigenvalue weighted by molar-refractivity contribution is 0.0871. The minimum absolute atomic E-state index is 0.0916. The van der Waals surface area contributed by atoms with Crippen molar-refractivity contribution in [3.05, 3.63) is 23.8 Å². The van der Waals surface area contributed by atoms with Crippen LogP contribution in [0.1, 0.15) is 31.1 Å². The van der Waals surface area contributed by atoms with Crippen LogP contribution in [-0.2, 0) is 9.84 Å². The highest BCUT2D eigenvalue weighted by Gasteiger charge is 2.20. The second-order valence-corrected chi connectivity index (χ2v) is 7.02. The number of sulfone groups is 1. The number of ether oxygens (including phenoxy) is 1. The Bertz CT molecular complexity index is 624. The standard InChI is InChI=1S/C15H24N2O4S/c1-6-17(7-2)11(3)16-15(18)13-10-12(22(5,19)20)8-9-14(13)21-4/h8-11H,6-7H2,1-5H3,(H,16,18). The molecule has 0 spiro atoms. The van der Waals surface area contributed by atoms with Gasteiger partial charge < -0.3 is 10.1 Å². The van der Waals surface area contributed by atoms with Crippen molar-refractivity contribution in [1.29, 1.82) is 0 Å². The quantitative estimate of drug-likeness (QED) is 0.768. The molecule has 1 rings (SSSR count). The first kappa shape index (κ1) is 18.4. The van der Waals surface area contributed by atoms with Gasteiger partial charge in [0.05, 0.1) is 23.7 Å². The SMILES string of the molecule is CCN(CC)C(C)NC(=O)c1cc(S(C)(=O)=O)ccc1OC. The van der Waals surface area contributed by atoms with Crippen LogP contribution in [0.15, 0.2) is 23.1 Å². The highest BCUT2D eigenvalue weighted by Crippen LogP contribution is 2.22. The minimum Gasteiger partial charge on any atom is -0.496 e. The van der Waals surface area contributed by atoms with Gasteiger partial charge in [0, 0.05) is 6.26 Å². The van der Waals surface area contributed by atoms with E-state index in [0.717, 1.165) is 19.3 Å². The van der Waals surface area contributed by atoms with Gasteiger partial charge in [-0.1, -0.05) is 13.8 Å². The van der Waals surface area contributed by atoms with E-state index in [-0.39, 0.29) is 22.5 Å². The van der Waals surface area contributed by atoms with Gasteiger partial charge >= 0.3 is 0 Å². The molecule has 0 heterocycles. The predicted molar refractivity (Wildman–Crippen MR) is 86.0 cm³/mol. The average Bonchev–Trinajstić information content (AvgIpc) is 2.46. The van der Waals surface area contributed by atoms with Crippen molar-refractivity contribution >= 4 is 15.7 Å². The Morgan fingerprint density at radius 1 is 1.32 bits per heavy atom. The summed E-state index contributed by atoms with van der Waals surface area (Å²) >= 11 is 0. The van der Waals surface area contributed by atoms with Crippen molar-refractivity contribution in [2.45, 2.75) is 31.8 Å². The fraction of sp³-hybridized carbons (Fsp3) is 0.533. The molecule has 1 atom stereocenters. The Morgan fingerprint density at radius 3 is 2.36 bits per heavy atom. The number of methoxy groups -OCH3 is 1. The topological polar surface area (TPSA) is 75.7 Å². The molecule has 1 unspecified atom stereocenters. The summed E-state index contributed by atoms with van der Waals surface area (Å²) < 4.78 is 28.5. The van der Waals surface area contributed by atoms with E-state index in [4.69, 9.17) is 4.74 Å². The summed E-state index contributed by atoms with van der Waals surface area (Å²) in [5, 5.41) is 2.86. The molecule has 0 saturated heterocycles. The van der Waals surface area contributed by atoms with E-state index in [9.17, 15) is 13.2 Å². The highest BCUT2D eigenvalue weighted by molar-refractivity contribution is 7.90. The number of benzene rings is 1. The van der Waals surface area contributed by atoms with Crippen LogP contribution in [0.2, 0.25) is 0 Å². The summed E-state index contributed by atoms with van der Waals surface area (Å²) in [5.41, 5.74) is 0.212. The fourth-order valence-corrected chi connectivity index (χ4v) is 2.87. The van der Waals surface area contributed by atoms with Crippen molar-refractivity contribution in [3.8, 4) is 5.75 Å². The van der Waals surface area contributed by atoms with Crippen molar-refractivity contribution in [1.82, 2.24) is 10.2 Å². The van der Waals surface area contributed by atoms with Crippen LogP contribution in [0.25, 0.3) is 0 Å². The summed E-state index contributed by atoms with van der Waals surface area (Å²) in [7, 11) is -1.94. The van der Waals surface area contributed by atoms with Crippen LogP contribution in [0.3, 0.4) is 0 Å². The molecule has 22 heavy (non-hydrogen) atoms. The first-order valence-corrected chi connectivity index (χ1v) is 9.06. The van der Waals surface area contributed by atoms with Gasteiger partial charge in [-0.25, -0.2) is 8.42 Å². The molecule has 0 fully saturated rings. The molecule has 0 aliphatic heterocycles. The van der Waals surface area contributed by atoms with Crippen molar-refractivity contribution < 1.29 is 17.9 Å². The number of nitrogens with one attached hydrogen (secondary N) is 1. The number of amides is 1. The number of hydrogen-bond donors (Lipinski definition) is 1. The fourth-order valence-electron chi connectivity index (χ4n) is 2.23. The van der Waals surface area contributed by atoms with Gasteiger partial charge in [0.15, 0.2) is 9.84 Å². The number of carbonyl (C=O) groups excluding carboxylic acids is 1. The third kappa shape index (κ3) is 4.45. The number of hydrogen-bond acceptors (Lipinski definition) is 5. The largest absolute Gasteiger partial charge is 0.496 e. The Balaban J connectivity index is 3.10. The lowest BCUT2D eigenvalue weighted by atomic mass is 10.2. The van der Waals surface area contributed by atoms with Crippen LogP contribution in [-0.4, -0.2) is 51.8 Å². The van der Waals surface area contributed by atoms with Crippen LogP contribution >= 0.6 is 0 Å². The predicted octanol–water partition coefficient (Wildman–Crippen LogP) is 1.52. The van der Waals surface area contributed by atoms with Gasteiger partial charge in [-0.05, 0) is 38.2 Å². The van der Waals surface area contributed by atoms with Crippen molar-refractivity contribution in [2.24, 2.45) is 0 Å². The summed E-state index contributed by atoms with van der Waals surface area (Å²) in [6.45, 7) is 7.52. The first-order valence-electron chi connectivity index (χ1n) is 7.17. The van der Waals surface area contributed by atoms with Gasteiger partial charge in [-0.3, -0.25) is 9.69 Å². The smallest absolute Gasteiger partial charge is 0.256 e. The molecule has 1 N–H and O–H groups in total. The van der Waals surface area contributed by atoms with Crippen LogP contribution in [0, 0.1) is 0 Å². The third-order valence-electron chi connectivity index (χ3n) is 3.54. The van der Waals surface area contributed by atoms with E-state index < -0.39 is 9.84 Å². The zero-order chi connectivity index (χ0) is 16.9. The molecule has 0 aromatic heterocycles.